The molecule has 0 aliphatic heterocycles. The van der Waals surface area contributed by atoms with Crippen LogP contribution in [-0.2, 0) is 10.0 Å². The molecule has 3 aromatic carbocycles. The summed E-state index contributed by atoms with van der Waals surface area (Å²) in [5.41, 5.74) is 2.34. The van der Waals surface area contributed by atoms with Crippen molar-refractivity contribution in [1.29, 1.82) is 0 Å². The van der Waals surface area contributed by atoms with E-state index in [1.165, 1.54) is 23.5 Å². The molecule has 0 unspecified atom stereocenters. The maximum absolute atomic E-state index is 13.3. The average Bonchev–Trinajstić information content (AvgIpc) is 3.05. The number of thiazole rings is 1. The van der Waals surface area contributed by atoms with Crippen LogP contribution in [0.2, 0.25) is 0 Å². The van der Waals surface area contributed by atoms with Crippen LogP contribution in [-0.4, -0.2) is 13.4 Å². The number of sulfonamides is 1. The number of nitrogens with one attached hydrogen (secondary N) is 1. The summed E-state index contributed by atoms with van der Waals surface area (Å²) in [6.45, 7) is 1.57. The van der Waals surface area contributed by atoms with E-state index in [0.717, 1.165) is 21.3 Å². The van der Waals surface area contributed by atoms with Crippen molar-refractivity contribution >= 4 is 37.3 Å². The van der Waals surface area contributed by atoms with Crippen molar-refractivity contribution in [3.8, 4) is 10.6 Å². The number of benzene rings is 3. The summed E-state index contributed by atoms with van der Waals surface area (Å²) in [5, 5.41) is 0.727. The maximum Gasteiger partial charge on any atom is 0.262 e. The van der Waals surface area contributed by atoms with Crippen molar-refractivity contribution < 1.29 is 12.8 Å². The number of anilines is 1. The van der Waals surface area contributed by atoms with Gasteiger partial charge in [0.1, 0.15) is 10.8 Å². The molecule has 1 aromatic heterocycles. The Bertz CT molecular complexity index is 1220. The van der Waals surface area contributed by atoms with Gasteiger partial charge in [0.05, 0.1) is 20.8 Å². The molecule has 136 valence electrons. The van der Waals surface area contributed by atoms with Gasteiger partial charge in [-0.3, -0.25) is 4.72 Å². The lowest BCUT2D eigenvalue weighted by Crippen LogP contribution is -2.15. The number of aromatic nitrogens is 1. The van der Waals surface area contributed by atoms with Gasteiger partial charge in [-0.15, -0.1) is 11.3 Å². The summed E-state index contributed by atoms with van der Waals surface area (Å²) in [4.78, 5) is 4.65. The third-order valence-electron chi connectivity index (χ3n) is 4.12. The smallest absolute Gasteiger partial charge is 0.262 e. The molecular formula is C20H15FN2O2S2. The zero-order chi connectivity index (χ0) is 19.0. The Morgan fingerprint density at radius 3 is 2.52 bits per heavy atom. The first kappa shape index (κ1) is 17.6. The third kappa shape index (κ3) is 3.43. The van der Waals surface area contributed by atoms with E-state index in [1.807, 2.05) is 36.4 Å². The van der Waals surface area contributed by atoms with Crippen LogP contribution in [0, 0.1) is 12.7 Å². The van der Waals surface area contributed by atoms with Crippen molar-refractivity contribution in [3.63, 3.8) is 0 Å². The second-order valence-corrected chi connectivity index (χ2v) is 8.73. The molecule has 27 heavy (non-hydrogen) atoms. The lowest BCUT2D eigenvalue weighted by atomic mass is 10.2. The minimum absolute atomic E-state index is 0.0444. The number of hydrogen-bond donors (Lipinski definition) is 1. The van der Waals surface area contributed by atoms with Gasteiger partial charge in [-0.05, 0) is 55.0 Å². The predicted octanol–water partition coefficient (Wildman–Crippen LogP) is 5.21. The van der Waals surface area contributed by atoms with E-state index in [0.29, 0.717) is 16.8 Å². The molecule has 1 N–H and O–H groups in total. The zero-order valence-electron chi connectivity index (χ0n) is 14.3. The second-order valence-electron chi connectivity index (χ2n) is 6.05. The largest absolute Gasteiger partial charge is 0.279 e. The van der Waals surface area contributed by atoms with Gasteiger partial charge in [-0.1, -0.05) is 24.3 Å². The molecule has 7 heteroatoms. The first-order valence-electron chi connectivity index (χ1n) is 8.18. The topological polar surface area (TPSA) is 59.1 Å². The number of para-hydroxylation sites is 2. The molecule has 0 aliphatic carbocycles. The van der Waals surface area contributed by atoms with Gasteiger partial charge in [0, 0.05) is 5.56 Å². The summed E-state index contributed by atoms with van der Waals surface area (Å²) in [6, 6.07) is 18.5. The lowest BCUT2D eigenvalue weighted by Gasteiger charge is -2.13. The molecule has 0 aliphatic rings. The summed E-state index contributed by atoms with van der Waals surface area (Å²) in [5.74, 6) is -0.471. The SMILES string of the molecule is Cc1cc(F)ccc1S(=O)(=O)Nc1ccccc1-c1nc2ccccc2s1. The fourth-order valence-electron chi connectivity index (χ4n) is 2.86. The molecule has 0 saturated heterocycles. The highest BCUT2D eigenvalue weighted by atomic mass is 32.2. The van der Waals surface area contributed by atoms with E-state index < -0.39 is 15.8 Å². The third-order valence-corrected chi connectivity index (χ3v) is 6.72. The standard InChI is InChI=1S/C20H15FN2O2S2/c1-13-12-14(21)10-11-19(13)27(24,25)23-16-7-3-2-6-15(16)20-22-17-8-4-5-9-18(17)26-20/h2-12,23H,1H3. The molecule has 0 saturated carbocycles. The molecule has 1 heterocycles. The first-order chi connectivity index (χ1) is 12.9. The van der Waals surface area contributed by atoms with Gasteiger partial charge in [-0.25, -0.2) is 17.8 Å². The fourth-order valence-corrected chi connectivity index (χ4v) is 5.17. The van der Waals surface area contributed by atoms with Gasteiger partial charge in [0.25, 0.3) is 10.0 Å². The molecule has 0 amide bonds. The average molecular weight is 398 g/mol. The van der Waals surface area contributed by atoms with E-state index >= 15 is 0 Å². The molecule has 0 spiro atoms. The van der Waals surface area contributed by atoms with Crippen LogP contribution in [0.4, 0.5) is 10.1 Å². The number of hydrogen-bond acceptors (Lipinski definition) is 4. The van der Waals surface area contributed by atoms with Gasteiger partial charge >= 0.3 is 0 Å². The highest BCUT2D eigenvalue weighted by molar-refractivity contribution is 7.92. The van der Waals surface area contributed by atoms with E-state index in [9.17, 15) is 12.8 Å². The highest BCUT2D eigenvalue weighted by Crippen LogP contribution is 2.35. The van der Waals surface area contributed by atoms with Crippen molar-refractivity contribution in [2.45, 2.75) is 11.8 Å². The Balaban J connectivity index is 1.77. The van der Waals surface area contributed by atoms with Crippen LogP contribution in [0.25, 0.3) is 20.8 Å². The van der Waals surface area contributed by atoms with E-state index in [4.69, 9.17) is 0 Å². The molecular weight excluding hydrogens is 383 g/mol. The monoisotopic (exact) mass is 398 g/mol. The van der Waals surface area contributed by atoms with E-state index in [1.54, 1.807) is 19.1 Å². The molecule has 4 aromatic rings. The Labute approximate surface area is 160 Å². The van der Waals surface area contributed by atoms with Crippen LogP contribution in [0.15, 0.2) is 71.6 Å². The quantitative estimate of drug-likeness (QED) is 0.513. The van der Waals surface area contributed by atoms with Crippen LogP contribution in [0.5, 0.6) is 0 Å². The molecule has 0 atom stereocenters. The van der Waals surface area contributed by atoms with E-state index in [2.05, 4.69) is 9.71 Å². The summed E-state index contributed by atoms with van der Waals surface area (Å²) < 4.78 is 42.7. The first-order valence-corrected chi connectivity index (χ1v) is 10.5. The molecule has 0 fully saturated rings. The number of rotatable bonds is 4. The number of halogens is 1. The van der Waals surface area contributed by atoms with Crippen molar-refractivity contribution in [2.75, 3.05) is 4.72 Å². The van der Waals surface area contributed by atoms with Crippen LogP contribution < -0.4 is 4.72 Å². The molecule has 0 radical (unpaired) electrons. The summed E-state index contributed by atoms with van der Waals surface area (Å²) >= 11 is 1.50. The maximum atomic E-state index is 13.3. The molecule has 4 nitrogen and oxygen atoms in total. The van der Waals surface area contributed by atoms with Gasteiger partial charge in [0.2, 0.25) is 0 Å². The number of aryl methyl sites for hydroxylation is 1. The van der Waals surface area contributed by atoms with Crippen molar-refractivity contribution in [2.24, 2.45) is 0 Å². The minimum Gasteiger partial charge on any atom is -0.279 e. The van der Waals surface area contributed by atoms with Crippen molar-refractivity contribution in [3.05, 3.63) is 78.1 Å². The van der Waals surface area contributed by atoms with Gasteiger partial charge in [0.15, 0.2) is 0 Å². The molecule has 4 rings (SSSR count). The summed E-state index contributed by atoms with van der Waals surface area (Å²) in [7, 11) is -3.86. The van der Waals surface area contributed by atoms with Crippen LogP contribution in [0.3, 0.4) is 0 Å². The van der Waals surface area contributed by atoms with Crippen LogP contribution in [0.1, 0.15) is 5.56 Å². The lowest BCUT2D eigenvalue weighted by molar-refractivity contribution is 0.598. The van der Waals surface area contributed by atoms with Crippen LogP contribution >= 0.6 is 11.3 Å². The fraction of sp³-hybridized carbons (Fsp3) is 0.0500. The second kappa shape index (κ2) is 6.75. The Morgan fingerprint density at radius 2 is 1.74 bits per heavy atom. The minimum atomic E-state index is -3.86. The van der Waals surface area contributed by atoms with Gasteiger partial charge < -0.3 is 0 Å². The normalized spacial score (nSPS) is 11.6. The van der Waals surface area contributed by atoms with Crippen molar-refractivity contribution in [1.82, 2.24) is 4.98 Å². The highest BCUT2D eigenvalue weighted by Gasteiger charge is 2.20. The van der Waals surface area contributed by atoms with Gasteiger partial charge in [-0.2, -0.15) is 0 Å². The van der Waals surface area contributed by atoms with E-state index in [-0.39, 0.29) is 4.90 Å². The summed E-state index contributed by atoms with van der Waals surface area (Å²) in [6.07, 6.45) is 0. The predicted molar refractivity (Wildman–Crippen MR) is 107 cm³/mol. The number of nitrogens with zero attached hydrogens (tertiary/aromatic N) is 1. The Hall–Kier alpha value is -2.77. The Morgan fingerprint density at radius 1 is 1.00 bits per heavy atom. The Kier molecular flexibility index (Phi) is 4.41. The zero-order valence-corrected chi connectivity index (χ0v) is 15.9. The molecule has 0 bridgehead atoms. The number of fused-ring (bicyclic) bond motifs is 1.